The van der Waals surface area contributed by atoms with E-state index in [1.807, 2.05) is 0 Å². The highest BCUT2D eigenvalue weighted by Gasteiger charge is 2.08. The average molecular weight is 554 g/mol. The number of rotatable bonds is 35. The van der Waals surface area contributed by atoms with Crippen molar-refractivity contribution >= 4 is 0 Å². The highest BCUT2D eigenvalue weighted by Crippen LogP contribution is 2.20. The molecule has 0 fully saturated rings. The minimum absolute atomic E-state index is 0.702. The predicted octanol–water partition coefficient (Wildman–Crippen LogP) is 11.4. The Kier molecular flexibility index (Phi) is 35.8. The molecule has 0 aromatic carbocycles. The molecule has 0 unspecified atom stereocenters. The number of hydrogen-bond acceptors (Lipinski definition) is 3. The second-order valence-electron chi connectivity index (χ2n) is 12.4. The van der Waals surface area contributed by atoms with E-state index in [1.165, 1.54) is 173 Å². The largest absolute Gasteiger partial charge is 0.382 e. The van der Waals surface area contributed by atoms with Gasteiger partial charge < -0.3 is 14.8 Å². The third-order valence-electron chi connectivity index (χ3n) is 8.44. The smallest absolute Gasteiger partial charge is 0.0700 e. The molecule has 0 spiro atoms. The topological polar surface area (TPSA) is 30.5 Å². The molecule has 3 heteroatoms. The van der Waals surface area contributed by atoms with E-state index in [1.54, 1.807) is 7.11 Å². The Morgan fingerprint density at radius 2 is 0.821 bits per heavy atom. The molecule has 0 aliphatic rings. The van der Waals surface area contributed by atoms with Crippen LogP contribution >= 0.6 is 0 Å². The van der Waals surface area contributed by atoms with Gasteiger partial charge in [0.05, 0.1) is 13.2 Å². The molecule has 0 aliphatic carbocycles. The van der Waals surface area contributed by atoms with Crippen LogP contribution in [0.1, 0.15) is 187 Å². The van der Waals surface area contributed by atoms with Crippen LogP contribution < -0.4 is 5.32 Å². The molecule has 0 heterocycles. The second-order valence-corrected chi connectivity index (χ2v) is 12.4. The van der Waals surface area contributed by atoms with Crippen LogP contribution in [0.15, 0.2) is 0 Å². The van der Waals surface area contributed by atoms with E-state index in [4.69, 9.17) is 9.47 Å². The molecule has 0 aliphatic heterocycles. The number of methoxy groups -OCH3 is 1. The highest BCUT2D eigenvalue weighted by molar-refractivity contribution is 4.64. The van der Waals surface area contributed by atoms with Crippen molar-refractivity contribution < 1.29 is 9.47 Å². The molecule has 236 valence electrons. The first-order valence-corrected chi connectivity index (χ1v) is 18.1. The maximum atomic E-state index is 5.61. The summed E-state index contributed by atoms with van der Waals surface area (Å²) in [7, 11) is 1.73. The second kappa shape index (κ2) is 35.9. The van der Waals surface area contributed by atoms with Crippen LogP contribution in [0.3, 0.4) is 0 Å². The van der Waals surface area contributed by atoms with Crippen molar-refractivity contribution in [3.05, 3.63) is 0 Å². The Morgan fingerprint density at radius 3 is 1.21 bits per heavy atom. The quantitative estimate of drug-likeness (QED) is 0.0791. The van der Waals surface area contributed by atoms with Gasteiger partial charge in [-0.15, -0.1) is 0 Å². The first-order chi connectivity index (χ1) is 19.3. The summed E-state index contributed by atoms with van der Waals surface area (Å²) in [4.78, 5) is 0. The molecule has 0 aromatic heterocycles. The molecular formula is C36H75NO2. The Balaban J connectivity index is 3.84. The third kappa shape index (κ3) is 34.0. The van der Waals surface area contributed by atoms with E-state index in [2.05, 4.69) is 19.2 Å². The zero-order valence-corrected chi connectivity index (χ0v) is 27.5. The van der Waals surface area contributed by atoms with Gasteiger partial charge in [0, 0.05) is 13.7 Å². The minimum Gasteiger partial charge on any atom is -0.382 e. The van der Waals surface area contributed by atoms with Crippen molar-refractivity contribution in [2.24, 2.45) is 5.92 Å². The molecule has 3 nitrogen and oxygen atoms in total. The molecule has 0 rings (SSSR count). The summed E-state index contributed by atoms with van der Waals surface area (Å²) in [6.07, 6.45) is 38.7. The molecule has 39 heavy (non-hydrogen) atoms. The monoisotopic (exact) mass is 554 g/mol. The van der Waals surface area contributed by atoms with Crippen molar-refractivity contribution in [1.29, 1.82) is 0 Å². The van der Waals surface area contributed by atoms with Crippen LogP contribution in [-0.4, -0.2) is 40.0 Å². The summed E-state index contributed by atoms with van der Waals surface area (Å²) in [6.45, 7) is 9.17. The van der Waals surface area contributed by atoms with E-state index in [0.29, 0.717) is 6.61 Å². The van der Waals surface area contributed by atoms with E-state index in [0.717, 1.165) is 32.1 Å². The SMILES string of the molecule is CCCCCCCCCCCCCCC(CCCCCCCCCCCCCC)CNCCCOCCOC. The Bertz CT molecular complexity index is 389. The van der Waals surface area contributed by atoms with Gasteiger partial charge in [0.1, 0.15) is 0 Å². The fraction of sp³-hybridized carbons (Fsp3) is 1.00. The van der Waals surface area contributed by atoms with Crippen molar-refractivity contribution in [1.82, 2.24) is 5.32 Å². The van der Waals surface area contributed by atoms with Gasteiger partial charge in [0.2, 0.25) is 0 Å². The van der Waals surface area contributed by atoms with Crippen LogP contribution in [-0.2, 0) is 9.47 Å². The Labute approximate surface area is 247 Å². The summed E-state index contributed by atoms with van der Waals surface area (Å²) in [6, 6.07) is 0. The van der Waals surface area contributed by atoms with Gasteiger partial charge in [0.25, 0.3) is 0 Å². The van der Waals surface area contributed by atoms with Crippen LogP contribution in [0.4, 0.5) is 0 Å². The molecule has 0 saturated carbocycles. The highest BCUT2D eigenvalue weighted by atomic mass is 16.5. The molecule has 0 aromatic rings. The summed E-state index contributed by atoms with van der Waals surface area (Å²) in [5, 5.41) is 3.75. The minimum atomic E-state index is 0.702. The van der Waals surface area contributed by atoms with E-state index in [-0.39, 0.29) is 0 Å². The van der Waals surface area contributed by atoms with Crippen molar-refractivity contribution in [2.45, 2.75) is 187 Å². The summed E-state index contributed by atoms with van der Waals surface area (Å²) >= 11 is 0. The summed E-state index contributed by atoms with van der Waals surface area (Å²) in [5.41, 5.74) is 0. The van der Waals surface area contributed by atoms with Crippen molar-refractivity contribution in [3.8, 4) is 0 Å². The van der Waals surface area contributed by atoms with Gasteiger partial charge in [-0.25, -0.2) is 0 Å². The Morgan fingerprint density at radius 1 is 0.436 bits per heavy atom. The molecule has 1 N–H and O–H groups in total. The molecular weight excluding hydrogens is 478 g/mol. The van der Waals surface area contributed by atoms with Crippen molar-refractivity contribution in [2.75, 3.05) is 40.0 Å². The predicted molar refractivity (Wildman–Crippen MR) is 175 cm³/mol. The lowest BCUT2D eigenvalue weighted by Crippen LogP contribution is -2.25. The van der Waals surface area contributed by atoms with Crippen LogP contribution in [0.2, 0.25) is 0 Å². The van der Waals surface area contributed by atoms with Gasteiger partial charge >= 0.3 is 0 Å². The maximum Gasteiger partial charge on any atom is 0.0700 e. The molecule has 0 radical (unpaired) electrons. The molecule has 0 atom stereocenters. The van der Waals surface area contributed by atoms with Gasteiger partial charge in [-0.1, -0.05) is 168 Å². The molecule has 0 saturated heterocycles. The normalized spacial score (nSPS) is 11.7. The lowest BCUT2D eigenvalue weighted by Gasteiger charge is -2.18. The fourth-order valence-electron chi connectivity index (χ4n) is 5.75. The Hall–Kier alpha value is -0.120. The van der Waals surface area contributed by atoms with E-state index in [9.17, 15) is 0 Å². The van der Waals surface area contributed by atoms with Gasteiger partial charge in [-0.3, -0.25) is 0 Å². The standard InChI is InChI=1S/C36H75NO2/c1-4-6-8-10-12-14-16-18-20-22-24-26-29-36(35-37-31-28-32-39-34-33-38-3)30-27-25-23-21-19-17-15-13-11-9-7-5-2/h36-37H,4-35H2,1-3H3. The van der Waals surface area contributed by atoms with Crippen LogP contribution in [0, 0.1) is 5.92 Å². The zero-order chi connectivity index (χ0) is 28.3. The first kappa shape index (κ1) is 38.9. The average Bonchev–Trinajstić information content (AvgIpc) is 2.95. The molecule has 0 bridgehead atoms. The molecule has 0 amide bonds. The van der Waals surface area contributed by atoms with Crippen LogP contribution in [0.5, 0.6) is 0 Å². The number of hydrogen-bond donors (Lipinski definition) is 1. The lowest BCUT2D eigenvalue weighted by atomic mass is 9.93. The van der Waals surface area contributed by atoms with Crippen LogP contribution in [0.25, 0.3) is 0 Å². The number of nitrogens with one attached hydrogen (secondary N) is 1. The number of unbranched alkanes of at least 4 members (excludes halogenated alkanes) is 22. The summed E-state index contributed by atoms with van der Waals surface area (Å²) < 4.78 is 10.7. The maximum absolute atomic E-state index is 5.61. The zero-order valence-electron chi connectivity index (χ0n) is 27.5. The van der Waals surface area contributed by atoms with Gasteiger partial charge in [0.15, 0.2) is 0 Å². The van der Waals surface area contributed by atoms with Crippen molar-refractivity contribution in [3.63, 3.8) is 0 Å². The van der Waals surface area contributed by atoms with Gasteiger partial charge in [-0.2, -0.15) is 0 Å². The van der Waals surface area contributed by atoms with E-state index < -0.39 is 0 Å². The lowest BCUT2D eigenvalue weighted by molar-refractivity contribution is 0.0694. The van der Waals surface area contributed by atoms with E-state index >= 15 is 0 Å². The summed E-state index contributed by atoms with van der Waals surface area (Å²) in [5.74, 6) is 0.866. The fourth-order valence-corrected chi connectivity index (χ4v) is 5.75. The number of ether oxygens (including phenoxy) is 2. The first-order valence-electron chi connectivity index (χ1n) is 18.1. The third-order valence-corrected chi connectivity index (χ3v) is 8.44. The van der Waals surface area contributed by atoms with Gasteiger partial charge in [-0.05, 0) is 38.3 Å².